The van der Waals surface area contributed by atoms with E-state index in [9.17, 15) is 10.1 Å². The van der Waals surface area contributed by atoms with Crippen LogP contribution < -0.4 is 15.2 Å². The fourth-order valence-electron chi connectivity index (χ4n) is 3.14. The molecule has 2 aromatic rings. The molecule has 6 nitrogen and oxygen atoms in total. The summed E-state index contributed by atoms with van der Waals surface area (Å²) in [7, 11) is 0. The Labute approximate surface area is 153 Å². The Balaban J connectivity index is 1.97. The third-order valence-corrected chi connectivity index (χ3v) is 4.52. The zero-order valence-corrected chi connectivity index (χ0v) is 15.1. The molecule has 1 fully saturated rings. The molecule has 1 aliphatic rings. The highest BCUT2D eigenvalue weighted by Gasteiger charge is 2.18. The van der Waals surface area contributed by atoms with E-state index in [2.05, 4.69) is 21.8 Å². The van der Waals surface area contributed by atoms with Crippen LogP contribution in [0.2, 0.25) is 0 Å². The minimum absolute atomic E-state index is 0.0470. The molecule has 136 valence electrons. The molecule has 0 atom stereocenters. The van der Waals surface area contributed by atoms with Crippen molar-refractivity contribution in [3.05, 3.63) is 40.2 Å². The van der Waals surface area contributed by atoms with Crippen molar-refractivity contribution in [2.24, 2.45) is 0 Å². The van der Waals surface area contributed by atoms with E-state index in [-0.39, 0.29) is 11.1 Å². The maximum Gasteiger partial charge on any atom is 0.270 e. The van der Waals surface area contributed by atoms with E-state index >= 15 is 0 Å². The van der Waals surface area contributed by atoms with Crippen LogP contribution in [0.5, 0.6) is 5.75 Å². The molecular formula is C20H24N4O2. The molecule has 0 unspecified atom stereocenters. The van der Waals surface area contributed by atoms with Crippen molar-refractivity contribution in [3.63, 3.8) is 0 Å². The number of ether oxygens (including phenoxy) is 1. The summed E-state index contributed by atoms with van der Waals surface area (Å²) in [4.78, 5) is 22.0. The first-order valence-corrected chi connectivity index (χ1v) is 9.25. The zero-order valence-electron chi connectivity index (χ0n) is 15.1. The van der Waals surface area contributed by atoms with Crippen LogP contribution in [0.25, 0.3) is 11.3 Å². The first kappa shape index (κ1) is 18.0. The number of H-pyrrole nitrogens is 1. The predicted octanol–water partition coefficient (Wildman–Crippen LogP) is 3.48. The molecule has 1 aromatic heterocycles. The van der Waals surface area contributed by atoms with Crippen molar-refractivity contribution < 1.29 is 4.74 Å². The Kier molecular flexibility index (Phi) is 5.90. The largest absolute Gasteiger partial charge is 0.494 e. The van der Waals surface area contributed by atoms with Gasteiger partial charge < -0.3 is 9.64 Å². The first-order chi connectivity index (χ1) is 12.7. The molecule has 1 aliphatic heterocycles. The fraction of sp³-hybridized carbons (Fsp3) is 0.450. The molecule has 0 saturated carbocycles. The predicted molar refractivity (Wildman–Crippen MR) is 101 cm³/mol. The lowest BCUT2D eigenvalue weighted by molar-refractivity contribution is 0.317. The average molecular weight is 352 g/mol. The molecule has 0 amide bonds. The summed E-state index contributed by atoms with van der Waals surface area (Å²) in [5, 5.41) is 9.43. The van der Waals surface area contributed by atoms with E-state index in [0.717, 1.165) is 43.7 Å². The minimum atomic E-state index is -0.386. The molecule has 0 spiro atoms. The van der Waals surface area contributed by atoms with Crippen molar-refractivity contribution >= 4 is 5.95 Å². The van der Waals surface area contributed by atoms with Crippen molar-refractivity contribution in [3.8, 4) is 23.1 Å². The number of hydrogen-bond donors (Lipinski definition) is 1. The smallest absolute Gasteiger partial charge is 0.270 e. The van der Waals surface area contributed by atoms with Crippen LogP contribution in [0.3, 0.4) is 0 Å². The van der Waals surface area contributed by atoms with Gasteiger partial charge in [0.2, 0.25) is 5.95 Å². The van der Waals surface area contributed by atoms with Crippen molar-refractivity contribution in [2.75, 3.05) is 24.6 Å². The van der Waals surface area contributed by atoms with Gasteiger partial charge in [-0.25, -0.2) is 4.98 Å². The van der Waals surface area contributed by atoms with E-state index in [1.165, 1.54) is 12.8 Å². The highest BCUT2D eigenvalue weighted by atomic mass is 16.5. The van der Waals surface area contributed by atoms with Gasteiger partial charge in [-0.3, -0.25) is 9.78 Å². The van der Waals surface area contributed by atoms with Crippen LogP contribution >= 0.6 is 0 Å². The lowest BCUT2D eigenvalue weighted by Gasteiger charge is -2.21. The molecule has 1 saturated heterocycles. The molecule has 6 heteroatoms. The Morgan fingerprint density at radius 3 is 2.50 bits per heavy atom. The van der Waals surface area contributed by atoms with Gasteiger partial charge in [-0.2, -0.15) is 5.26 Å². The quantitative estimate of drug-likeness (QED) is 0.891. The molecule has 0 aliphatic carbocycles. The lowest BCUT2D eigenvalue weighted by atomic mass is 10.1. The maximum atomic E-state index is 12.4. The summed E-state index contributed by atoms with van der Waals surface area (Å²) in [5.41, 5.74) is 0.832. The summed E-state index contributed by atoms with van der Waals surface area (Å²) in [5.74, 6) is 1.32. The van der Waals surface area contributed by atoms with Gasteiger partial charge in [-0.05, 0) is 43.5 Å². The second-order valence-electron chi connectivity index (χ2n) is 6.50. The molecular weight excluding hydrogens is 328 g/mol. The molecule has 0 radical (unpaired) electrons. The van der Waals surface area contributed by atoms with E-state index in [4.69, 9.17) is 4.74 Å². The Hall–Kier alpha value is -2.81. The van der Waals surface area contributed by atoms with E-state index in [1.54, 1.807) is 0 Å². The number of nitrogens with one attached hydrogen (secondary N) is 1. The number of anilines is 1. The van der Waals surface area contributed by atoms with E-state index in [0.29, 0.717) is 18.2 Å². The van der Waals surface area contributed by atoms with Gasteiger partial charge in [0, 0.05) is 18.7 Å². The number of rotatable bonds is 5. The highest BCUT2D eigenvalue weighted by Crippen LogP contribution is 2.24. The highest BCUT2D eigenvalue weighted by molar-refractivity contribution is 5.67. The van der Waals surface area contributed by atoms with Gasteiger partial charge in [0.25, 0.3) is 5.56 Å². The Morgan fingerprint density at radius 2 is 1.88 bits per heavy atom. The summed E-state index contributed by atoms with van der Waals surface area (Å²) in [6.07, 6.45) is 5.51. The normalized spacial score (nSPS) is 14.5. The van der Waals surface area contributed by atoms with Gasteiger partial charge in [0.15, 0.2) is 0 Å². The standard InChI is InChI=1S/C20H24N4O2/c1-2-13-26-16-9-7-15(8-10-16)18-17(14-21)19(25)23-20(22-18)24-11-5-3-4-6-12-24/h7-10H,2-6,11-13H2,1H3,(H,22,23,25). The molecule has 3 rings (SSSR count). The average Bonchev–Trinajstić information content (AvgIpc) is 2.95. The number of aromatic nitrogens is 2. The van der Waals surface area contributed by atoms with Gasteiger partial charge in [-0.1, -0.05) is 19.8 Å². The second-order valence-corrected chi connectivity index (χ2v) is 6.50. The summed E-state index contributed by atoms with van der Waals surface area (Å²) >= 11 is 0. The number of nitriles is 1. The molecule has 0 bridgehead atoms. The zero-order chi connectivity index (χ0) is 18.4. The Bertz CT molecular complexity index is 828. The molecule has 1 N–H and O–H groups in total. The van der Waals surface area contributed by atoms with Gasteiger partial charge in [0.1, 0.15) is 17.4 Å². The van der Waals surface area contributed by atoms with E-state index < -0.39 is 0 Å². The van der Waals surface area contributed by atoms with Crippen LogP contribution in [0.15, 0.2) is 29.1 Å². The number of nitrogens with zero attached hydrogens (tertiary/aromatic N) is 3. The van der Waals surface area contributed by atoms with Crippen LogP contribution in [0.1, 0.15) is 44.6 Å². The summed E-state index contributed by atoms with van der Waals surface area (Å²) in [6, 6.07) is 9.39. The van der Waals surface area contributed by atoms with Gasteiger partial charge in [0.05, 0.1) is 12.3 Å². The molecule has 1 aromatic carbocycles. The summed E-state index contributed by atoms with van der Waals surface area (Å²) < 4.78 is 5.60. The lowest BCUT2D eigenvalue weighted by Crippen LogP contribution is -2.29. The fourth-order valence-corrected chi connectivity index (χ4v) is 3.14. The number of aromatic amines is 1. The monoisotopic (exact) mass is 352 g/mol. The van der Waals surface area contributed by atoms with Crippen molar-refractivity contribution in [1.82, 2.24) is 9.97 Å². The van der Waals surface area contributed by atoms with E-state index in [1.807, 2.05) is 30.3 Å². The van der Waals surface area contributed by atoms with Gasteiger partial charge >= 0.3 is 0 Å². The Morgan fingerprint density at radius 1 is 1.19 bits per heavy atom. The molecule has 2 heterocycles. The maximum absolute atomic E-state index is 12.4. The van der Waals surface area contributed by atoms with Crippen LogP contribution in [0, 0.1) is 11.3 Å². The third-order valence-electron chi connectivity index (χ3n) is 4.52. The summed E-state index contributed by atoms with van der Waals surface area (Å²) in [6.45, 7) is 4.46. The van der Waals surface area contributed by atoms with Crippen LogP contribution in [-0.4, -0.2) is 29.7 Å². The number of benzene rings is 1. The van der Waals surface area contributed by atoms with Gasteiger partial charge in [-0.15, -0.1) is 0 Å². The van der Waals surface area contributed by atoms with Crippen molar-refractivity contribution in [2.45, 2.75) is 39.0 Å². The SMILES string of the molecule is CCCOc1ccc(-c2nc(N3CCCCCC3)[nH]c(=O)c2C#N)cc1. The topological polar surface area (TPSA) is 82.0 Å². The van der Waals surface area contributed by atoms with Crippen molar-refractivity contribution in [1.29, 1.82) is 5.26 Å². The second kappa shape index (κ2) is 8.52. The first-order valence-electron chi connectivity index (χ1n) is 9.25. The number of hydrogen-bond acceptors (Lipinski definition) is 5. The van der Waals surface area contributed by atoms with Crippen LogP contribution in [0.4, 0.5) is 5.95 Å². The molecule has 26 heavy (non-hydrogen) atoms. The van der Waals surface area contributed by atoms with Crippen LogP contribution in [-0.2, 0) is 0 Å². The minimum Gasteiger partial charge on any atom is -0.494 e. The third kappa shape index (κ3) is 4.05.